The number of aryl methyl sites for hydroxylation is 3. The molecule has 1 saturated heterocycles. The third-order valence-electron chi connectivity index (χ3n) is 7.20. The first-order chi connectivity index (χ1) is 17.8. The highest BCUT2D eigenvalue weighted by molar-refractivity contribution is 6.52. The quantitative estimate of drug-likeness (QED) is 0.178. The second kappa shape index (κ2) is 8.49. The van der Waals surface area contributed by atoms with Crippen LogP contribution in [0.15, 0.2) is 96.7 Å². The molecular formula is C32H26N2O3. The monoisotopic (exact) mass is 486 g/mol. The molecule has 0 radical (unpaired) electrons. The maximum Gasteiger partial charge on any atom is 0.300 e. The van der Waals surface area contributed by atoms with E-state index in [2.05, 4.69) is 0 Å². The van der Waals surface area contributed by atoms with Crippen LogP contribution in [0, 0.1) is 13.8 Å². The third kappa shape index (κ3) is 3.54. The van der Waals surface area contributed by atoms with Gasteiger partial charge in [0.2, 0.25) is 0 Å². The maximum atomic E-state index is 13.7. The van der Waals surface area contributed by atoms with Crippen LogP contribution in [0.1, 0.15) is 28.3 Å². The first-order valence-electron chi connectivity index (χ1n) is 12.3. The Balaban J connectivity index is 1.68. The molecule has 1 unspecified atom stereocenters. The van der Waals surface area contributed by atoms with Crippen LogP contribution in [0.3, 0.4) is 0 Å². The number of aromatic nitrogens is 1. The summed E-state index contributed by atoms with van der Waals surface area (Å²) in [4.78, 5) is 29.0. The molecule has 5 aromatic rings. The summed E-state index contributed by atoms with van der Waals surface area (Å²) in [7, 11) is 1.94. The van der Waals surface area contributed by atoms with Gasteiger partial charge >= 0.3 is 0 Å². The van der Waals surface area contributed by atoms with Crippen LogP contribution in [-0.2, 0) is 16.6 Å². The summed E-state index contributed by atoms with van der Waals surface area (Å²) in [5.41, 5.74) is 5.00. The second-order valence-corrected chi connectivity index (χ2v) is 9.75. The molecular weight excluding hydrogens is 460 g/mol. The Labute approximate surface area is 214 Å². The second-order valence-electron chi connectivity index (χ2n) is 9.75. The number of carbonyl (C=O) groups excluding carboxylic acids is 2. The van der Waals surface area contributed by atoms with Crippen molar-refractivity contribution in [3.8, 4) is 0 Å². The summed E-state index contributed by atoms with van der Waals surface area (Å²) < 4.78 is 1.99. The standard InChI is InChI=1S/C32H26N2O3/c1-19-15-20(2)17-22(16-19)34-29(26-18-33(3)27-14-7-6-12-24(26)27)28(31(36)32(34)37)30(35)25-13-8-10-21-9-4-5-11-23(21)25/h4-18,29,35H,1-3H3/b30-28+. The molecule has 1 aliphatic heterocycles. The van der Waals surface area contributed by atoms with E-state index in [1.807, 2.05) is 111 Å². The highest BCUT2D eigenvalue weighted by atomic mass is 16.3. The molecule has 0 spiro atoms. The predicted molar refractivity (Wildman–Crippen MR) is 148 cm³/mol. The smallest absolute Gasteiger partial charge is 0.300 e. The fourth-order valence-corrected chi connectivity index (χ4v) is 5.65. The molecule has 0 bridgehead atoms. The zero-order valence-corrected chi connectivity index (χ0v) is 20.9. The van der Waals surface area contributed by atoms with E-state index in [0.29, 0.717) is 11.3 Å². The lowest BCUT2D eigenvalue weighted by molar-refractivity contribution is -0.132. The van der Waals surface area contributed by atoms with Gasteiger partial charge in [-0.3, -0.25) is 14.5 Å². The molecule has 1 aliphatic rings. The summed E-state index contributed by atoms with van der Waals surface area (Å²) in [6, 6.07) is 26.3. The highest BCUT2D eigenvalue weighted by Gasteiger charge is 2.48. The molecule has 1 aromatic heterocycles. The van der Waals surface area contributed by atoms with E-state index in [0.717, 1.165) is 38.4 Å². The minimum absolute atomic E-state index is 0.0943. The molecule has 5 nitrogen and oxygen atoms in total. The molecule has 6 rings (SSSR count). The largest absolute Gasteiger partial charge is 0.507 e. The number of hydrogen-bond acceptors (Lipinski definition) is 3. The van der Waals surface area contributed by atoms with Crippen molar-refractivity contribution < 1.29 is 14.7 Å². The van der Waals surface area contributed by atoms with Gasteiger partial charge in [0.1, 0.15) is 5.76 Å². The topological polar surface area (TPSA) is 62.5 Å². The van der Waals surface area contributed by atoms with Crippen LogP contribution in [0.4, 0.5) is 5.69 Å². The van der Waals surface area contributed by atoms with E-state index in [1.54, 1.807) is 11.0 Å². The zero-order chi connectivity index (χ0) is 25.8. The number of fused-ring (bicyclic) bond motifs is 2. The van der Waals surface area contributed by atoms with Crippen molar-refractivity contribution in [2.45, 2.75) is 19.9 Å². The summed E-state index contributed by atoms with van der Waals surface area (Å²) in [5.74, 6) is -1.51. The lowest BCUT2D eigenvalue weighted by Gasteiger charge is -2.26. The first-order valence-corrected chi connectivity index (χ1v) is 12.3. The fraction of sp³-hybridized carbons (Fsp3) is 0.125. The van der Waals surface area contributed by atoms with E-state index in [9.17, 15) is 14.7 Å². The van der Waals surface area contributed by atoms with Gasteiger partial charge < -0.3 is 9.67 Å². The normalized spacial score (nSPS) is 17.3. The van der Waals surface area contributed by atoms with Gasteiger partial charge in [-0.2, -0.15) is 0 Å². The number of benzene rings is 4. The number of Topliss-reactive ketones (excluding diaryl/α,β-unsaturated/α-hetero) is 1. The van der Waals surface area contributed by atoms with Gasteiger partial charge in [-0.05, 0) is 53.9 Å². The average Bonchev–Trinajstić information content (AvgIpc) is 3.36. The van der Waals surface area contributed by atoms with E-state index in [1.165, 1.54) is 0 Å². The molecule has 1 amide bonds. The van der Waals surface area contributed by atoms with Crippen molar-refractivity contribution in [2.75, 3.05) is 4.90 Å². The van der Waals surface area contributed by atoms with Crippen molar-refractivity contribution >= 4 is 44.8 Å². The Kier molecular flexibility index (Phi) is 5.23. The molecule has 2 heterocycles. The van der Waals surface area contributed by atoms with Crippen LogP contribution in [0.25, 0.3) is 27.4 Å². The minimum Gasteiger partial charge on any atom is -0.507 e. The molecule has 0 saturated carbocycles. The number of rotatable bonds is 3. The van der Waals surface area contributed by atoms with Crippen molar-refractivity contribution in [3.05, 3.63) is 119 Å². The van der Waals surface area contributed by atoms with Crippen LogP contribution >= 0.6 is 0 Å². The maximum absolute atomic E-state index is 13.7. The molecule has 1 atom stereocenters. The molecule has 4 aromatic carbocycles. The van der Waals surface area contributed by atoms with Crippen molar-refractivity contribution in [1.82, 2.24) is 4.57 Å². The van der Waals surface area contributed by atoms with Gasteiger partial charge in [-0.1, -0.05) is 66.7 Å². The molecule has 5 heteroatoms. The number of aliphatic hydroxyl groups is 1. The van der Waals surface area contributed by atoms with Gasteiger partial charge in [-0.25, -0.2) is 0 Å². The van der Waals surface area contributed by atoms with Gasteiger partial charge in [0.25, 0.3) is 11.7 Å². The van der Waals surface area contributed by atoms with Gasteiger partial charge in [-0.15, -0.1) is 0 Å². The molecule has 37 heavy (non-hydrogen) atoms. The Hall–Kier alpha value is -4.64. The third-order valence-corrected chi connectivity index (χ3v) is 7.20. The molecule has 1 fully saturated rings. The Morgan fingerprint density at radius 2 is 1.46 bits per heavy atom. The lowest BCUT2D eigenvalue weighted by Crippen LogP contribution is -2.29. The van der Waals surface area contributed by atoms with Crippen molar-refractivity contribution in [1.29, 1.82) is 0 Å². The van der Waals surface area contributed by atoms with E-state index < -0.39 is 17.7 Å². The van der Waals surface area contributed by atoms with E-state index >= 15 is 0 Å². The van der Waals surface area contributed by atoms with Crippen molar-refractivity contribution in [3.63, 3.8) is 0 Å². The SMILES string of the molecule is Cc1cc(C)cc(N2C(=O)C(=O)/C(=C(/O)c3cccc4ccccc34)C2c2cn(C)c3ccccc23)c1. The number of nitrogens with zero attached hydrogens (tertiary/aromatic N) is 2. The number of hydrogen-bond donors (Lipinski definition) is 1. The Morgan fingerprint density at radius 3 is 2.22 bits per heavy atom. The van der Waals surface area contributed by atoms with Crippen LogP contribution in [-0.4, -0.2) is 21.4 Å². The molecule has 0 aliphatic carbocycles. The number of amides is 1. The fourth-order valence-electron chi connectivity index (χ4n) is 5.65. The van der Waals surface area contributed by atoms with Crippen LogP contribution in [0.2, 0.25) is 0 Å². The summed E-state index contributed by atoms with van der Waals surface area (Å²) >= 11 is 0. The number of para-hydroxylation sites is 1. The summed E-state index contributed by atoms with van der Waals surface area (Å²) in [6.45, 7) is 3.94. The highest BCUT2D eigenvalue weighted by Crippen LogP contribution is 2.45. The zero-order valence-electron chi connectivity index (χ0n) is 20.9. The average molecular weight is 487 g/mol. The number of ketones is 1. The Bertz CT molecular complexity index is 1750. The van der Waals surface area contributed by atoms with E-state index in [-0.39, 0.29) is 11.3 Å². The Morgan fingerprint density at radius 1 is 0.811 bits per heavy atom. The summed E-state index contributed by atoms with van der Waals surface area (Å²) in [5, 5.41) is 14.4. The predicted octanol–water partition coefficient (Wildman–Crippen LogP) is 6.57. The number of anilines is 1. The van der Waals surface area contributed by atoms with Gasteiger partial charge in [0.05, 0.1) is 11.6 Å². The number of carbonyl (C=O) groups is 2. The van der Waals surface area contributed by atoms with Gasteiger partial charge in [0, 0.05) is 41.0 Å². The summed E-state index contributed by atoms with van der Waals surface area (Å²) in [6.07, 6.45) is 1.95. The van der Waals surface area contributed by atoms with E-state index in [4.69, 9.17) is 0 Å². The van der Waals surface area contributed by atoms with Crippen molar-refractivity contribution in [2.24, 2.45) is 7.05 Å². The first kappa shape index (κ1) is 22.8. The van der Waals surface area contributed by atoms with Gasteiger partial charge in [0.15, 0.2) is 0 Å². The minimum atomic E-state index is -0.786. The van der Waals surface area contributed by atoms with Crippen LogP contribution in [0.5, 0.6) is 0 Å². The number of aliphatic hydroxyl groups excluding tert-OH is 1. The van der Waals surface area contributed by atoms with Crippen LogP contribution < -0.4 is 4.90 Å². The molecule has 182 valence electrons. The lowest BCUT2D eigenvalue weighted by atomic mass is 9.93. The molecule has 1 N–H and O–H groups in total.